The fourth-order valence-electron chi connectivity index (χ4n) is 3.75. The first kappa shape index (κ1) is 20.1. The van der Waals surface area contributed by atoms with Crippen LogP contribution in [-0.4, -0.2) is 58.4 Å². The third kappa shape index (κ3) is 5.97. The molecule has 4 unspecified atom stereocenters. The highest BCUT2D eigenvalue weighted by atomic mass is 32.2. The standard InChI is InChI=1S/C18H31NO3S2/c1-3-10-23-12-9-14-15(17-8-7-16(14)22-17)13-24-11-5-4-6-18(20)19(2)21/h3,14-17,21H,1,4-13H2,2H3. The van der Waals surface area contributed by atoms with Crippen molar-refractivity contribution in [3.8, 4) is 0 Å². The van der Waals surface area contributed by atoms with Crippen molar-refractivity contribution in [2.75, 3.05) is 30.1 Å². The highest BCUT2D eigenvalue weighted by molar-refractivity contribution is 7.99. The fraction of sp³-hybridized carbons (Fsp3) is 0.833. The van der Waals surface area contributed by atoms with E-state index in [1.54, 1.807) is 0 Å². The predicted molar refractivity (Wildman–Crippen MR) is 103 cm³/mol. The number of nitrogens with zero attached hydrogens (tertiary/aromatic N) is 1. The molecule has 0 aromatic heterocycles. The summed E-state index contributed by atoms with van der Waals surface area (Å²) in [6.45, 7) is 3.78. The van der Waals surface area contributed by atoms with Crippen LogP contribution in [0, 0.1) is 11.8 Å². The molecule has 4 nitrogen and oxygen atoms in total. The van der Waals surface area contributed by atoms with E-state index in [1.165, 1.54) is 37.8 Å². The molecule has 0 aromatic rings. The molecule has 2 fully saturated rings. The zero-order valence-corrected chi connectivity index (χ0v) is 16.3. The number of rotatable bonds is 12. The minimum Gasteiger partial charge on any atom is -0.374 e. The molecule has 6 heteroatoms. The summed E-state index contributed by atoms with van der Waals surface area (Å²) in [5, 5.41) is 9.71. The van der Waals surface area contributed by atoms with Gasteiger partial charge in [-0.25, -0.2) is 5.06 Å². The number of hydroxylamine groups is 2. The number of fused-ring (bicyclic) bond motifs is 2. The summed E-state index contributed by atoms with van der Waals surface area (Å²) >= 11 is 3.98. The van der Waals surface area contributed by atoms with Gasteiger partial charge in [0.15, 0.2) is 0 Å². The van der Waals surface area contributed by atoms with E-state index in [9.17, 15) is 4.79 Å². The maximum absolute atomic E-state index is 11.3. The molecular formula is C18H31NO3S2. The Balaban J connectivity index is 1.61. The third-order valence-corrected chi connectivity index (χ3v) is 7.22. The first-order chi connectivity index (χ1) is 11.6. The van der Waals surface area contributed by atoms with Crippen LogP contribution in [0.4, 0.5) is 0 Å². The van der Waals surface area contributed by atoms with E-state index in [0.29, 0.717) is 29.6 Å². The smallest absolute Gasteiger partial charge is 0.245 e. The predicted octanol–water partition coefficient (Wildman–Crippen LogP) is 3.84. The Morgan fingerprint density at radius 2 is 2.00 bits per heavy atom. The molecule has 2 heterocycles. The maximum Gasteiger partial charge on any atom is 0.245 e. The normalized spacial score (nSPS) is 28.2. The summed E-state index contributed by atoms with van der Waals surface area (Å²) in [5.74, 6) is 5.78. The van der Waals surface area contributed by atoms with E-state index in [1.807, 2.05) is 29.6 Å². The van der Waals surface area contributed by atoms with Crippen LogP contribution in [0.3, 0.4) is 0 Å². The number of unbranched alkanes of at least 4 members (excludes halogenated alkanes) is 1. The molecule has 1 N–H and O–H groups in total. The second kappa shape index (κ2) is 10.7. The summed E-state index contributed by atoms with van der Waals surface area (Å²) in [4.78, 5) is 11.3. The molecule has 4 atom stereocenters. The van der Waals surface area contributed by atoms with Crippen molar-refractivity contribution in [2.45, 2.75) is 50.7 Å². The van der Waals surface area contributed by atoms with Crippen molar-refractivity contribution >= 4 is 29.4 Å². The van der Waals surface area contributed by atoms with E-state index in [0.717, 1.165) is 30.3 Å². The van der Waals surface area contributed by atoms with Crippen molar-refractivity contribution in [1.29, 1.82) is 0 Å². The first-order valence-corrected chi connectivity index (χ1v) is 11.3. The molecule has 2 aliphatic rings. The Hall–Kier alpha value is -0.170. The van der Waals surface area contributed by atoms with Crippen molar-refractivity contribution in [3.05, 3.63) is 12.7 Å². The summed E-state index contributed by atoms with van der Waals surface area (Å²) < 4.78 is 6.17. The molecule has 0 aromatic carbocycles. The molecule has 138 valence electrons. The molecule has 0 radical (unpaired) electrons. The Bertz CT molecular complexity index is 406. The number of carbonyl (C=O) groups is 1. The molecular weight excluding hydrogens is 342 g/mol. The average molecular weight is 374 g/mol. The van der Waals surface area contributed by atoms with Crippen molar-refractivity contribution in [1.82, 2.24) is 5.06 Å². The lowest BCUT2D eigenvalue weighted by atomic mass is 9.79. The summed E-state index contributed by atoms with van der Waals surface area (Å²) in [6.07, 6.45) is 9.05. The molecule has 2 saturated heterocycles. The van der Waals surface area contributed by atoms with E-state index in [2.05, 4.69) is 6.58 Å². The van der Waals surface area contributed by atoms with Gasteiger partial charge in [-0.1, -0.05) is 6.08 Å². The molecule has 2 rings (SSSR count). The van der Waals surface area contributed by atoms with Crippen molar-refractivity contribution < 1.29 is 14.7 Å². The van der Waals surface area contributed by atoms with Gasteiger partial charge in [0.05, 0.1) is 12.2 Å². The Kier molecular flexibility index (Phi) is 9.01. The van der Waals surface area contributed by atoms with Gasteiger partial charge in [-0.3, -0.25) is 10.0 Å². The molecule has 2 aliphatic heterocycles. The maximum atomic E-state index is 11.3. The minimum atomic E-state index is -0.196. The number of hydrogen-bond acceptors (Lipinski definition) is 5. The van der Waals surface area contributed by atoms with Gasteiger partial charge in [0.2, 0.25) is 5.91 Å². The largest absolute Gasteiger partial charge is 0.374 e. The fourth-order valence-corrected chi connectivity index (χ4v) is 5.83. The minimum absolute atomic E-state index is 0.196. The van der Waals surface area contributed by atoms with Crippen LogP contribution in [0.2, 0.25) is 0 Å². The molecule has 0 aliphatic carbocycles. The molecule has 2 bridgehead atoms. The van der Waals surface area contributed by atoms with Gasteiger partial charge < -0.3 is 4.74 Å². The van der Waals surface area contributed by atoms with Crippen LogP contribution in [0.5, 0.6) is 0 Å². The van der Waals surface area contributed by atoms with Gasteiger partial charge in [0.25, 0.3) is 0 Å². The number of ether oxygens (including phenoxy) is 1. The lowest BCUT2D eigenvalue weighted by molar-refractivity contribution is -0.159. The second-order valence-corrected chi connectivity index (χ2v) is 9.02. The van der Waals surface area contributed by atoms with Gasteiger partial charge in [-0.2, -0.15) is 23.5 Å². The Morgan fingerprint density at radius 3 is 2.71 bits per heavy atom. The second-order valence-electron chi connectivity index (χ2n) is 6.72. The number of carbonyl (C=O) groups excluding carboxylic acids is 1. The van der Waals surface area contributed by atoms with Crippen LogP contribution in [0.15, 0.2) is 12.7 Å². The zero-order valence-electron chi connectivity index (χ0n) is 14.7. The highest BCUT2D eigenvalue weighted by Gasteiger charge is 2.47. The molecule has 1 amide bonds. The SMILES string of the molecule is C=CCSCCC1C2CCC(O2)C1CSCCCCC(=O)N(C)O. The van der Waals surface area contributed by atoms with Gasteiger partial charge in [0, 0.05) is 19.2 Å². The Labute approximate surface area is 154 Å². The van der Waals surface area contributed by atoms with Crippen molar-refractivity contribution in [2.24, 2.45) is 11.8 Å². The number of thioether (sulfide) groups is 2. The van der Waals surface area contributed by atoms with Crippen molar-refractivity contribution in [3.63, 3.8) is 0 Å². The number of amides is 1. The van der Waals surface area contributed by atoms with Gasteiger partial charge in [0.1, 0.15) is 0 Å². The number of hydrogen-bond donors (Lipinski definition) is 1. The van der Waals surface area contributed by atoms with Gasteiger partial charge >= 0.3 is 0 Å². The monoisotopic (exact) mass is 373 g/mol. The van der Waals surface area contributed by atoms with E-state index in [-0.39, 0.29) is 5.91 Å². The van der Waals surface area contributed by atoms with Crippen LogP contribution >= 0.6 is 23.5 Å². The van der Waals surface area contributed by atoms with E-state index in [4.69, 9.17) is 9.94 Å². The summed E-state index contributed by atoms with van der Waals surface area (Å²) in [7, 11) is 1.39. The summed E-state index contributed by atoms with van der Waals surface area (Å²) in [6, 6.07) is 0. The zero-order chi connectivity index (χ0) is 17.4. The third-order valence-electron chi connectivity index (χ3n) is 5.02. The highest BCUT2D eigenvalue weighted by Crippen LogP contribution is 2.46. The molecule has 24 heavy (non-hydrogen) atoms. The van der Waals surface area contributed by atoms with Crippen LogP contribution in [0.25, 0.3) is 0 Å². The van der Waals surface area contributed by atoms with Crippen LogP contribution < -0.4 is 0 Å². The van der Waals surface area contributed by atoms with Gasteiger partial charge in [-0.15, -0.1) is 6.58 Å². The average Bonchev–Trinajstić information content (AvgIpc) is 3.16. The summed E-state index contributed by atoms with van der Waals surface area (Å²) in [5.41, 5.74) is 0. The molecule has 0 spiro atoms. The van der Waals surface area contributed by atoms with Crippen LogP contribution in [0.1, 0.15) is 38.5 Å². The quantitative estimate of drug-likeness (QED) is 0.244. The Morgan fingerprint density at radius 1 is 1.25 bits per heavy atom. The first-order valence-electron chi connectivity index (χ1n) is 9.00. The molecule has 0 saturated carbocycles. The van der Waals surface area contributed by atoms with Crippen LogP contribution in [-0.2, 0) is 9.53 Å². The lowest BCUT2D eigenvalue weighted by Crippen LogP contribution is -2.29. The van der Waals surface area contributed by atoms with E-state index < -0.39 is 0 Å². The van der Waals surface area contributed by atoms with Gasteiger partial charge in [-0.05, 0) is 61.2 Å². The van der Waals surface area contributed by atoms with E-state index >= 15 is 0 Å². The topological polar surface area (TPSA) is 49.8 Å². The lowest BCUT2D eigenvalue weighted by Gasteiger charge is -2.27.